The molecule has 0 atom stereocenters. The number of para-hydroxylation sites is 1. The van der Waals surface area contributed by atoms with Crippen molar-refractivity contribution in [1.82, 2.24) is 14.9 Å². The van der Waals surface area contributed by atoms with E-state index in [2.05, 4.69) is 10.3 Å². The molecule has 0 saturated carbocycles. The van der Waals surface area contributed by atoms with Crippen molar-refractivity contribution < 1.29 is 17.9 Å². The van der Waals surface area contributed by atoms with Crippen molar-refractivity contribution in [1.29, 1.82) is 0 Å². The van der Waals surface area contributed by atoms with E-state index in [1.54, 1.807) is 30.3 Å². The van der Waals surface area contributed by atoms with Crippen LogP contribution < -0.4 is 10.1 Å². The van der Waals surface area contributed by atoms with Crippen LogP contribution in [-0.2, 0) is 6.18 Å². The molecule has 0 amide bonds. The average Bonchev–Trinajstić information content (AvgIpc) is 2.99. The minimum absolute atomic E-state index is 0.0120. The Balaban J connectivity index is 1.83. The highest BCUT2D eigenvalue weighted by Crippen LogP contribution is 2.31. The van der Waals surface area contributed by atoms with Crippen LogP contribution in [0.15, 0.2) is 36.5 Å². The highest BCUT2D eigenvalue weighted by molar-refractivity contribution is 5.35. The maximum Gasteiger partial charge on any atom is 0.435 e. The molecule has 2 heterocycles. The van der Waals surface area contributed by atoms with Gasteiger partial charge in [-0.15, -0.1) is 0 Å². The Morgan fingerprint density at radius 3 is 2.52 bits per heavy atom. The fourth-order valence-electron chi connectivity index (χ4n) is 2.62. The Labute approximate surface area is 132 Å². The van der Waals surface area contributed by atoms with Gasteiger partial charge in [-0.05, 0) is 44.0 Å². The molecule has 1 N–H and O–H groups in total. The predicted molar refractivity (Wildman–Crippen MR) is 79.7 cm³/mol. The number of nitrogens with zero attached hydrogens (tertiary/aromatic N) is 2. The van der Waals surface area contributed by atoms with E-state index in [0.29, 0.717) is 18.2 Å². The summed E-state index contributed by atoms with van der Waals surface area (Å²) in [5.41, 5.74) is -0.350. The zero-order valence-corrected chi connectivity index (χ0v) is 12.5. The lowest BCUT2D eigenvalue weighted by atomic mass is 9.99. The number of rotatable bonds is 4. The lowest BCUT2D eigenvalue weighted by Gasteiger charge is -2.22. The second-order valence-electron chi connectivity index (χ2n) is 5.62. The van der Waals surface area contributed by atoms with Crippen molar-refractivity contribution in [3.05, 3.63) is 42.2 Å². The van der Waals surface area contributed by atoms with Crippen molar-refractivity contribution >= 4 is 0 Å². The van der Waals surface area contributed by atoms with Crippen LogP contribution >= 0.6 is 0 Å². The number of aromatic nitrogens is 2. The van der Waals surface area contributed by atoms with Crippen molar-refractivity contribution in [2.75, 3.05) is 19.7 Å². The number of nitrogens with one attached hydrogen (secondary N) is 1. The molecule has 0 radical (unpaired) electrons. The summed E-state index contributed by atoms with van der Waals surface area (Å²) >= 11 is 0. The van der Waals surface area contributed by atoms with Gasteiger partial charge in [0.15, 0.2) is 5.69 Å². The monoisotopic (exact) mass is 325 g/mol. The molecule has 1 aromatic heterocycles. The van der Waals surface area contributed by atoms with Gasteiger partial charge in [-0.25, -0.2) is 0 Å². The van der Waals surface area contributed by atoms with Crippen molar-refractivity contribution in [2.24, 2.45) is 5.92 Å². The molecule has 2 aromatic rings. The topological polar surface area (TPSA) is 39.1 Å². The number of benzene rings is 1. The summed E-state index contributed by atoms with van der Waals surface area (Å²) in [6.45, 7) is 2.20. The molecule has 7 heteroatoms. The summed E-state index contributed by atoms with van der Waals surface area (Å²) in [6, 6.07) is 8.76. The van der Waals surface area contributed by atoms with E-state index in [1.165, 1.54) is 4.57 Å². The molecule has 1 fully saturated rings. The van der Waals surface area contributed by atoms with E-state index in [1.807, 2.05) is 0 Å². The molecule has 0 bridgehead atoms. The van der Waals surface area contributed by atoms with Crippen LogP contribution in [0.2, 0.25) is 0 Å². The van der Waals surface area contributed by atoms with Crippen molar-refractivity contribution in [2.45, 2.75) is 19.0 Å². The molecule has 0 spiro atoms. The summed E-state index contributed by atoms with van der Waals surface area (Å²) in [7, 11) is 0. The summed E-state index contributed by atoms with van der Waals surface area (Å²) in [5, 5.41) is 3.25. The molecular weight excluding hydrogens is 307 g/mol. The zero-order valence-electron chi connectivity index (χ0n) is 12.5. The molecular formula is C16H18F3N3O. The Bertz CT molecular complexity index is 634. The number of imidazole rings is 1. The summed E-state index contributed by atoms with van der Waals surface area (Å²) in [6.07, 6.45) is -1.60. The molecule has 0 aliphatic carbocycles. The van der Waals surface area contributed by atoms with Crippen molar-refractivity contribution in [3.63, 3.8) is 0 Å². The van der Waals surface area contributed by atoms with Gasteiger partial charge in [-0.1, -0.05) is 18.2 Å². The van der Waals surface area contributed by atoms with Gasteiger partial charge in [0.1, 0.15) is 0 Å². The third-order valence-electron chi connectivity index (χ3n) is 3.91. The Morgan fingerprint density at radius 2 is 1.87 bits per heavy atom. The fourth-order valence-corrected chi connectivity index (χ4v) is 2.62. The van der Waals surface area contributed by atoms with Crippen LogP contribution in [0.25, 0.3) is 5.69 Å². The number of alkyl halides is 3. The number of piperidine rings is 1. The molecule has 23 heavy (non-hydrogen) atoms. The van der Waals surface area contributed by atoms with E-state index < -0.39 is 11.9 Å². The quantitative estimate of drug-likeness (QED) is 0.938. The molecule has 1 saturated heterocycles. The molecule has 4 nitrogen and oxygen atoms in total. The standard InChI is InChI=1S/C16H18F3N3O/c17-16(18,19)14-10-22(13-4-2-1-3-5-13)15(21-14)23-11-12-6-8-20-9-7-12/h1-5,10,12,20H,6-9,11H2. The highest BCUT2D eigenvalue weighted by atomic mass is 19.4. The smallest absolute Gasteiger partial charge is 0.435 e. The van der Waals surface area contributed by atoms with Gasteiger partial charge in [0.2, 0.25) is 0 Å². The van der Waals surface area contributed by atoms with E-state index in [0.717, 1.165) is 32.1 Å². The van der Waals surface area contributed by atoms with Gasteiger partial charge in [0, 0.05) is 6.20 Å². The molecule has 124 valence electrons. The summed E-state index contributed by atoms with van der Waals surface area (Å²) in [4.78, 5) is 3.64. The maximum atomic E-state index is 13.0. The molecule has 3 rings (SSSR count). The number of hydrogen-bond acceptors (Lipinski definition) is 3. The second kappa shape index (κ2) is 6.62. The minimum Gasteiger partial charge on any atom is -0.464 e. The highest BCUT2D eigenvalue weighted by Gasteiger charge is 2.35. The second-order valence-corrected chi connectivity index (χ2v) is 5.62. The van der Waals surface area contributed by atoms with Gasteiger partial charge < -0.3 is 10.1 Å². The molecule has 1 aromatic carbocycles. The van der Waals surface area contributed by atoms with E-state index in [4.69, 9.17) is 4.74 Å². The SMILES string of the molecule is FC(F)(F)c1cn(-c2ccccc2)c(OCC2CCNCC2)n1. The number of ether oxygens (including phenoxy) is 1. The van der Waals surface area contributed by atoms with E-state index >= 15 is 0 Å². The van der Waals surface area contributed by atoms with Crippen LogP contribution in [0.4, 0.5) is 13.2 Å². The third kappa shape index (κ3) is 3.85. The largest absolute Gasteiger partial charge is 0.464 e. The summed E-state index contributed by atoms with van der Waals surface area (Å²) in [5.74, 6) is 0.339. The van der Waals surface area contributed by atoms with Crippen LogP contribution in [0.3, 0.4) is 0 Å². The number of halogens is 3. The number of hydrogen-bond donors (Lipinski definition) is 1. The lowest BCUT2D eigenvalue weighted by molar-refractivity contribution is -0.141. The molecule has 1 aliphatic heterocycles. The first-order valence-electron chi connectivity index (χ1n) is 7.59. The van der Waals surface area contributed by atoms with Crippen LogP contribution in [0.1, 0.15) is 18.5 Å². The lowest BCUT2D eigenvalue weighted by Crippen LogP contribution is -2.30. The van der Waals surface area contributed by atoms with Crippen LogP contribution in [0, 0.1) is 5.92 Å². The van der Waals surface area contributed by atoms with E-state index in [-0.39, 0.29) is 6.01 Å². The van der Waals surface area contributed by atoms with Gasteiger partial charge in [0.25, 0.3) is 0 Å². The fraction of sp³-hybridized carbons (Fsp3) is 0.438. The average molecular weight is 325 g/mol. The first kappa shape index (κ1) is 15.9. The molecule has 1 aliphatic rings. The maximum absolute atomic E-state index is 13.0. The van der Waals surface area contributed by atoms with E-state index in [9.17, 15) is 13.2 Å². The normalized spacial score (nSPS) is 16.5. The van der Waals surface area contributed by atoms with Crippen molar-refractivity contribution in [3.8, 4) is 11.7 Å². The zero-order chi connectivity index (χ0) is 16.3. The van der Waals surface area contributed by atoms with Gasteiger partial charge >= 0.3 is 12.2 Å². The Kier molecular flexibility index (Phi) is 4.56. The Hall–Kier alpha value is -2.02. The summed E-state index contributed by atoms with van der Waals surface area (Å²) < 4.78 is 45.8. The first-order valence-corrected chi connectivity index (χ1v) is 7.59. The molecule has 0 unspecified atom stereocenters. The minimum atomic E-state index is -4.49. The van der Waals surface area contributed by atoms with Crippen LogP contribution in [-0.4, -0.2) is 29.2 Å². The predicted octanol–water partition coefficient (Wildman–Crippen LogP) is 3.27. The van der Waals surface area contributed by atoms with Crippen LogP contribution in [0.5, 0.6) is 6.01 Å². The third-order valence-corrected chi connectivity index (χ3v) is 3.91. The Morgan fingerprint density at radius 1 is 1.17 bits per heavy atom. The van der Waals surface area contributed by atoms with Gasteiger partial charge in [-0.3, -0.25) is 4.57 Å². The van der Waals surface area contributed by atoms with Gasteiger partial charge in [0.05, 0.1) is 12.3 Å². The first-order chi connectivity index (χ1) is 11.0. The van der Waals surface area contributed by atoms with Gasteiger partial charge in [-0.2, -0.15) is 18.2 Å².